The fourth-order valence-corrected chi connectivity index (χ4v) is 1.30. The van der Waals surface area contributed by atoms with E-state index in [1.54, 1.807) is 0 Å². The van der Waals surface area contributed by atoms with Crippen molar-refractivity contribution in [2.45, 2.75) is 0 Å². The Balaban J connectivity index is 2.64. The fourth-order valence-electron chi connectivity index (χ4n) is 1.30. The molecule has 0 saturated heterocycles. The molecule has 6 heteroatoms. The average Bonchev–Trinajstić information content (AvgIpc) is 2.19. The summed E-state index contributed by atoms with van der Waals surface area (Å²) in [6.07, 6.45) is 2.12. The third-order valence-corrected chi connectivity index (χ3v) is 1.97. The Bertz CT molecular complexity index is 551. The minimum Gasteiger partial charge on any atom is -0.312 e. The van der Waals surface area contributed by atoms with Crippen molar-refractivity contribution in [2.24, 2.45) is 0 Å². The van der Waals surface area contributed by atoms with E-state index < -0.39 is 28.7 Å². The van der Waals surface area contributed by atoms with Crippen molar-refractivity contribution in [3.63, 3.8) is 0 Å². The molecule has 0 aliphatic carbocycles. The van der Waals surface area contributed by atoms with Crippen molar-refractivity contribution in [3.05, 3.63) is 52.5 Å². The predicted molar refractivity (Wildman–Crippen MR) is 50.2 cm³/mol. The van der Waals surface area contributed by atoms with Crippen LogP contribution in [0.5, 0.6) is 0 Å². The van der Waals surface area contributed by atoms with Gasteiger partial charge in [-0.15, -0.1) is 0 Å². The highest BCUT2D eigenvalue weighted by atomic mass is 19.1. The lowest BCUT2D eigenvalue weighted by Crippen LogP contribution is -2.08. The van der Waals surface area contributed by atoms with Crippen LogP contribution in [0.3, 0.4) is 0 Å². The molecule has 2 aromatic rings. The zero-order chi connectivity index (χ0) is 11.7. The molecular formula is C10H5F3N2O. The van der Waals surface area contributed by atoms with E-state index in [4.69, 9.17) is 0 Å². The molecule has 0 fully saturated rings. The second kappa shape index (κ2) is 3.80. The van der Waals surface area contributed by atoms with Crippen LogP contribution in [0, 0.1) is 17.5 Å². The van der Waals surface area contributed by atoms with Crippen LogP contribution in [0.2, 0.25) is 0 Å². The van der Waals surface area contributed by atoms with Gasteiger partial charge in [0, 0.05) is 30.1 Å². The molecule has 0 saturated carbocycles. The zero-order valence-electron chi connectivity index (χ0n) is 7.80. The summed E-state index contributed by atoms with van der Waals surface area (Å²) in [4.78, 5) is 16.2. The van der Waals surface area contributed by atoms with Crippen LogP contribution < -0.4 is 5.69 Å². The number of aromatic nitrogens is 2. The number of hydrogen-bond donors (Lipinski definition) is 1. The minimum absolute atomic E-state index is 0.0367. The van der Waals surface area contributed by atoms with Gasteiger partial charge >= 0.3 is 5.69 Å². The van der Waals surface area contributed by atoms with Crippen molar-refractivity contribution in [3.8, 4) is 11.1 Å². The molecule has 1 aromatic carbocycles. The van der Waals surface area contributed by atoms with Gasteiger partial charge in [-0.1, -0.05) is 0 Å². The van der Waals surface area contributed by atoms with E-state index in [9.17, 15) is 18.0 Å². The second-order valence-electron chi connectivity index (χ2n) is 3.05. The first-order chi connectivity index (χ1) is 7.58. The molecule has 0 bridgehead atoms. The second-order valence-corrected chi connectivity index (χ2v) is 3.05. The maximum absolute atomic E-state index is 13.3. The first kappa shape index (κ1) is 10.4. The predicted octanol–water partition coefficient (Wildman–Crippen LogP) is 1.85. The van der Waals surface area contributed by atoms with Crippen LogP contribution in [-0.2, 0) is 0 Å². The maximum atomic E-state index is 13.3. The lowest BCUT2D eigenvalue weighted by molar-refractivity contribution is 0.548. The molecule has 1 aromatic heterocycles. The summed E-state index contributed by atoms with van der Waals surface area (Å²) in [7, 11) is 0. The Morgan fingerprint density at radius 3 is 2.25 bits per heavy atom. The highest BCUT2D eigenvalue weighted by molar-refractivity contribution is 5.62. The highest BCUT2D eigenvalue weighted by Crippen LogP contribution is 2.25. The third-order valence-electron chi connectivity index (χ3n) is 1.97. The topological polar surface area (TPSA) is 45.8 Å². The van der Waals surface area contributed by atoms with Gasteiger partial charge in [0.15, 0.2) is 0 Å². The number of halogens is 3. The monoisotopic (exact) mass is 226 g/mol. The van der Waals surface area contributed by atoms with E-state index in [-0.39, 0.29) is 5.56 Å². The summed E-state index contributed by atoms with van der Waals surface area (Å²) in [5.74, 6) is -3.10. The number of rotatable bonds is 1. The van der Waals surface area contributed by atoms with Crippen molar-refractivity contribution < 1.29 is 13.2 Å². The van der Waals surface area contributed by atoms with Crippen molar-refractivity contribution in [1.29, 1.82) is 0 Å². The van der Waals surface area contributed by atoms with Gasteiger partial charge in [0.2, 0.25) is 0 Å². The first-order valence-electron chi connectivity index (χ1n) is 4.27. The minimum atomic E-state index is -1.05. The molecule has 0 atom stereocenters. The van der Waals surface area contributed by atoms with Crippen LogP contribution in [0.25, 0.3) is 11.1 Å². The van der Waals surface area contributed by atoms with Crippen LogP contribution in [0.4, 0.5) is 13.2 Å². The Morgan fingerprint density at radius 1 is 1.12 bits per heavy atom. The van der Waals surface area contributed by atoms with Crippen LogP contribution in [-0.4, -0.2) is 9.97 Å². The Morgan fingerprint density at radius 2 is 1.75 bits per heavy atom. The number of nitrogens with one attached hydrogen (secondary N) is 1. The number of H-pyrrole nitrogens is 1. The van der Waals surface area contributed by atoms with Crippen LogP contribution in [0.1, 0.15) is 0 Å². The maximum Gasteiger partial charge on any atom is 0.344 e. The summed E-state index contributed by atoms with van der Waals surface area (Å²) >= 11 is 0. The summed E-state index contributed by atoms with van der Waals surface area (Å²) in [5.41, 5.74) is -1.02. The van der Waals surface area contributed by atoms with Gasteiger partial charge in [-0.2, -0.15) is 0 Å². The molecule has 82 valence electrons. The van der Waals surface area contributed by atoms with E-state index in [0.717, 1.165) is 12.4 Å². The fraction of sp³-hybridized carbons (Fsp3) is 0. The molecule has 0 aliphatic rings. The average molecular weight is 226 g/mol. The van der Waals surface area contributed by atoms with E-state index in [2.05, 4.69) is 9.97 Å². The molecule has 3 nitrogen and oxygen atoms in total. The summed E-state index contributed by atoms with van der Waals surface area (Å²) in [5, 5.41) is 0. The van der Waals surface area contributed by atoms with E-state index in [0.29, 0.717) is 12.1 Å². The van der Waals surface area contributed by atoms with E-state index in [1.807, 2.05) is 0 Å². The smallest absolute Gasteiger partial charge is 0.312 e. The van der Waals surface area contributed by atoms with Gasteiger partial charge in [0.05, 0.1) is 5.56 Å². The standard InChI is InChI=1S/C10H5F3N2O/c11-6-1-7(12)9(8(13)2-6)5-3-14-10(16)15-4-5/h1-4H,(H,14,15,16). The summed E-state index contributed by atoms with van der Waals surface area (Å²) in [6.45, 7) is 0. The molecule has 0 radical (unpaired) electrons. The summed E-state index contributed by atoms with van der Waals surface area (Å²) in [6, 6.07) is 1.12. The zero-order valence-corrected chi connectivity index (χ0v) is 7.80. The molecular weight excluding hydrogens is 221 g/mol. The molecule has 0 amide bonds. The number of benzene rings is 1. The molecule has 16 heavy (non-hydrogen) atoms. The van der Waals surface area contributed by atoms with Crippen LogP contribution in [0.15, 0.2) is 29.3 Å². The quantitative estimate of drug-likeness (QED) is 0.806. The largest absolute Gasteiger partial charge is 0.344 e. The van der Waals surface area contributed by atoms with Crippen molar-refractivity contribution in [2.75, 3.05) is 0 Å². The Labute approximate surface area is 87.6 Å². The van der Waals surface area contributed by atoms with Gasteiger partial charge in [-0.3, -0.25) is 0 Å². The van der Waals surface area contributed by atoms with Gasteiger partial charge in [0.1, 0.15) is 17.5 Å². The van der Waals surface area contributed by atoms with Gasteiger partial charge in [0.25, 0.3) is 0 Å². The van der Waals surface area contributed by atoms with Gasteiger partial charge < -0.3 is 4.98 Å². The van der Waals surface area contributed by atoms with Crippen molar-refractivity contribution in [1.82, 2.24) is 9.97 Å². The molecule has 1 heterocycles. The highest BCUT2D eigenvalue weighted by Gasteiger charge is 2.13. The normalized spacial score (nSPS) is 10.4. The molecule has 0 unspecified atom stereocenters. The van der Waals surface area contributed by atoms with Gasteiger partial charge in [-0.05, 0) is 0 Å². The lowest BCUT2D eigenvalue weighted by atomic mass is 10.1. The number of nitrogens with zero attached hydrogens (tertiary/aromatic N) is 1. The molecule has 0 aliphatic heterocycles. The van der Waals surface area contributed by atoms with E-state index >= 15 is 0 Å². The van der Waals surface area contributed by atoms with E-state index in [1.165, 1.54) is 0 Å². The lowest BCUT2D eigenvalue weighted by Gasteiger charge is -2.04. The van der Waals surface area contributed by atoms with Gasteiger partial charge in [-0.25, -0.2) is 22.9 Å². The Hall–Kier alpha value is -2.11. The third kappa shape index (κ3) is 1.81. The molecule has 1 N–H and O–H groups in total. The van der Waals surface area contributed by atoms with Crippen molar-refractivity contribution >= 4 is 0 Å². The SMILES string of the molecule is O=c1ncc(-c2c(F)cc(F)cc2F)c[nH]1. The molecule has 2 rings (SSSR count). The van der Waals surface area contributed by atoms with Crippen LogP contribution >= 0.6 is 0 Å². The molecule has 0 spiro atoms. The summed E-state index contributed by atoms with van der Waals surface area (Å²) < 4.78 is 39.2. The number of aromatic amines is 1. The number of hydrogen-bond acceptors (Lipinski definition) is 2. The Kier molecular flexibility index (Phi) is 2.47. The first-order valence-corrected chi connectivity index (χ1v) is 4.27.